The van der Waals surface area contributed by atoms with Crippen molar-refractivity contribution in [3.63, 3.8) is 0 Å². The molecule has 5 nitrogen and oxygen atoms in total. The van der Waals surface area contributed by atoms with E-state index in [2.05, 4.69) is 17.1 Å². The monoisotopic (exact) mass is 271 g/mol. The van der Waals surface area contributed by atoms with Crippen LogP contribution >= 0.6 is 0 Å². The molecule has 2 heterocycles. The Morgan fingerprint density at radius 1 is 1.44 bits per heavy atom. The molecule has 1 atom stereocenters. The minimum atomic E-state index is -3.38. The van der Waals surface area contributed by atoms with Gasteiger partial charge in [0.05, 0.1) is 11.4 Å². The molecule has 0 aromatic carbocycles. The van der Waals surface area contributed by atoms with Gasteiger partial charge in [0.1, 0.15) is 4.90 Å². The molecule has 1 N–H and O–H groups in total. The van der Waals surface area contributed by atoms with Crippen LogP contribution in [0, 0.1) is 19.8 Å². The highest BCUT2D eigenvalue weighted by Gasteiger charge is 2.32. The predicted octanol–water partition coefficient (Wildman–Crippen LogP) is 1.84. The fraction of sp³-hybridized carbons (Fsp3) is 0.750. The maximum absolute atomic E-state index is 12.6. The summed E-state index contributed by atoms with van der Waals surface area (Å²) in [6.45, 7) is 6.88. The Morgan fingerprint density at radius 3 is 2.72 bits per heavy atom. The molecule has 0 spiro atoms. The van der Waals surface area contributed by atoms with Gasteiger partial charge >= 0.3 is 0 Å². The third-order valence-electron chi connectivity index (χ3n) is 3.72. The molecule has 0 amide bonds. The molecule has 2 rings (SSSR count). The normalized spacial score (nSPS) is 22.3. The second kappa shape index (κ2) is 5.01. The Hall–Kier alpha value is -0.880. The molecule has 0 bridgehead atoms. The quantitative estimate of drug-likeness (QED) is 0.912. The molecule has 1 aromatic heterocycles. The van der Waals surface area contributed by atoms with E-state index in [1.807, 2.05) is 0 Å². The van der Waals surface area contributed by atoms with Gasteiger partial charge in [-0.15, -0.1) is 0 Å². The van der Waals surface area contributed by atoms with Crippen LogP contribution < -0.4 is 0 Å². The first kappa shape index (κ1) is 13.5. The van der Waals surface area contributed by atoms with Gasteiger partial charge in [0.2, 0.25) is 10.0 Å². The Morgan fingerprint density at radius 2 is 2.17 bits per heavy atom. The van der Waals surface area contributed by atoms with Crippen molar-refractivity contribution in [2.45, 2.75) is 44.9 Å². The van der Waals surface area contributed by atoms with Crippen LogP contribution in [-0.2, 0) is 10.0 Å². The van der Waals surface area contributed by atoms with Gasteiger partial charge in [-0.2, -0.15) is 9.40 Å². The van der Waals surface area contributed by atoms with Crippen LogP contribution in [0.1, 0.15) is 37.6 Å². The topological polar surface area (TPSA) is 66.1 Å². The van der Waals surface area contributed by atoms with Crippen molar-refractivity contribution in [3.05, 3.63) is 11.4 Å². The van der Waals surface area contributed by atoms with E-state index in [1.54, 1.807) is 18.2 Å². The van der Waals surface area contributed by atoms with E-state index in [1.165, 1.54) is 0 Å². The van der Waals surface area contributed by atoms with Gasteiger partial charge in [0, 0.05) is 13.1 Å². The van der Waals surface area contributed by atoms with Crippen molar-refractivity contribution in [1.82, 2.24) is 14.5 Å². The van der Waals surface area contributed by atoms with Crippen LogP contribution in [0.5, 0.6) is 0 Å². The zero-order valence-electron chi connectivity index (χ0n) is 11.2. The van der Waals surface area contributed by atoms with Crippen LogP contribution in [-0.4, -0.2) is 36.0 Å². The summed E-state index contributed by atoms with van der Waals surface area (Å²) in [7, 11) is -3.38. The molecule has 0 aliphatic carbocycles. The number of nitrogens with one attached hydrogen (secondary N) is 1. The maximum Gasteiger partial charge on any atom is 0.246 e. The zero-order chi connectivity index (χ0) is 13.3. The summed E-state index contributed by atoms with van der Waals surface area (Å²) < 4.78 is 26.9. The minimum absolute atomic E-state index is 0.360. The smallest absolute Gasteiger partial charge is 0.246 e. The van der Waals surface area contributed by atoms with Gasteiger partial charge in [-0.25, -0.2) is 8.42 Å². The van der Waals surface area contributed by atoms with E-state index in [9.17, 15) is 8.42 Å². The van der Waals surface area contributed by atoms with Crippen molar-refractivity contribution in [2.24, 2.45) is 5.92 Å². The number of piperidine rings is 1. The molecule has 1 unspecified atom stereocenters. The fourth-order valence-corrected chi connectivity index (χ4v) is 4.51. The third-order valence-corrected chi connectivity index (χ3v) is 5.85. The lowest BCUT2D eigenvalue weighted by molar-refractivity contribution is 0.261. The summed E-state index contributed by atoms with van der Waals surface area (Å²) >= 11 is 0. The highest BCUT2D eigenvalue weighted by Crippen LogP contribution is 2.27. The molecule has 1 saturated heterocycles. The fourth-order valence-electron chi connectivity index (χ4n) is 2.63. The Labute approximate surface area is 109 Å². The largest absolute Gasteiger partial charge is 0.281 e. The molecule has 1 fully saturated rings. The molecular weight excluding hydrogens is 250 g/mol. The summed E-state index contributed by atoms with van der Waals surface area (Å²) in [5, 5.41) is 6.74. The van der Waals surface area contributed by atoms with Crippen LogP contribution in [0.3, 0.4) is 0 Å². The number of H-pyrrole nitrogens is 1. The van der Waals surface area contributed by atoms with E-state index in [-0.39, 0.29) is 0 Å². The number of aromatic nitrogens is 2. The molecule has 0 radical (unpaired) electrons. The van der Waals surface area contributed by atoms with E-state index < -0.39 is 10.0 Å². The molecule has 6 heteroatoms. The van der Waals surface area contributed by atoms with Crippen molar-refractivity contribution >= 4 is 10.0 Å². The lowest BCUT2D eigenvalue weighted by Crippen LogP contribution is -2.40. The van der Waals surface area contributed by atoms with E-state index in [0.29, 0.717) is 35.3 Å². The molecule has 102 valence electrons. The Kier molecular flexibility index (Phi) is 3.77. The van der Waals surface area contributed by atoms with Crippen LogP contribution in [0.4, 0.5) is 0 Å². The number of rotatable bonds is 3. The molecule has 1 aromatic rings. The maximum atomic E-state index is 12.6. The first-order valence-corrected chi connectivity index (χ1v) is 7.92. The number of aryl methyl sites for hydroxylation is 2. The molecular formula is C12H21N3O2S. The summed E-state index contributed by atoms with van der Waals surface area (Å²) in [4.78, 5) is 0.360. The van der Waals surface area contributed by atoms with E-state index in [0.717, 1.165) is 19.3 Å². The third kappa shape index (κ3) is 2.31. The molecule has 1 aliphatic rings. The molecule has 1 aliphatic heterocycles. The Bertz CT molecular complexity index is 502. The first-order chi connectivity index (χ1) is 8.46. The SMILES string of the molecule is CCC1CCCN(S(=O)(=O)c2c(C)n[nH]c2C)C1. The van der Waals surface area contributed by atoms with Crippen molar-refractivity contribution < 1.29 is 8.42 Å². The van der Waals surface area contributed by atoms with Gasteiger partial charge in [-0.1, -0.05) is 13.3 Å². The molecule has 0 saturated carbocycles. The average molecular weight is 271 g/mol. The number of hydrogen-bond acceptors (Lipinski definition) is 3. The van der Waals surface area contributed by atoms with Gasteiger partial charge in [-0.3, -0.25) is 5.10 Å². The second-order valence-corrected chi connectivity index (χ2v) is 6.92. The van der Waals surface area contributed by atoms with Gasteiger partial charge in [0.15, 0.2) is 0 Å². The molecule has 18 heavy (non-hydrogen) atoms. The van der Waals surface area contributed by atoms with Crippen LogP contribution in [0.2, 0.25) is 0 Å². The predicted molar refractivity (Wildman–Crippen MR) is 69.8 cm³/mol. The Balaban J connectivity index is 2.31. The summed E-state index contributed by atoms with van der Waals surface area (Å²) in [5.74, 6) is 0.487. The van der Waals surface area contributed by atoms with Gasteiger partial charge in [0.25, 0.3) is 0 Å². The summed E-state index contributed by atoms with van der Waals surface area (Å²) in [6.07, 6.45) is 3.12. The van der Waals surface area contributed by atoms with Crippen molar-refractivity contribution in [2.75, 3.05) is 13.1 Å². The highest BCUT2D eigenvalue weighted by atomic mass is 32.2. The minimum Gasteiger partial charge on any atom is -0.281 e. The standard InChI is InChI=1S/C12H21N3O2S/c1-4-11-6-5-7-15(8-11)18(16,17)12-9(2)13-14-10(12)3/h11H,4-8H2,1-3H3,(H,13,14). The lowest BCUT2D eigenvalue weighted by atomic mass is 9.97. The number of aromatic amines is 1. The van der Waals surface area contributed by atoms with Crippen LogP contribution in [0.25, 0.3) is 0 Å². The number of nitrogens with zero attached hydrogens (tertiary/aromatic N) is 2. The number of sulfonamides is 1. The zero-order valence-corrected chi connectivity index (χ0v) is 12.0. The second-order valence-electron chi connectivity index (χ2n) is 5.04. The number of hydrogen-bond donors (Lipinski definition) is 1. The van der Waals surface area contributed by atoms with Crippen molar-refractivity contribution in [3.8, 4) is 0 Å². The summed E-state index contributed by atoms with van der Waals surface area (Å²) in [5.41, 5.74) is 1.19. The average Bonchev–Trinajstić information content (AvgIpc) is 2.69. The van der Waals surface area contributed by atoms with E-state index >= 15 is 0 Å². The summed E-state index contributed by atoms with van der Waals surface area (Å²) in [6, 6.07) is 0. The van der Waals surface area contributed by atoms with Crippen molar-refractivity contribution in [1.29, 1.82) is 0 Å². The lowest BCUT2D eigenvalue weighted by Gasteiger charge is -2.31. The highest BCUT2D eigenvalue weighted by molar-refractivity contribution is 7.89. The first-order valence-electron chi connectivity index (χ1n) is 6.48. The van der Waals surface area contributed by atoms with Crippen LogP contribution in [0.15, 0.2) is 4.90 Å². The van der Waals surface area contributed by atoms with E-state index in [4.69, 9.17) is 0 Å². The van der Waals surface area contributed by atoms with Gasteiger partial charge in [-0.05, 0) is 32.6 Å². The van der Waals surface area contributed by atoms with Gasteiger partial charge < -0.3 is 0 Å².